The highest BCUT2D eigenvalue weighted by molar-refractivity contribution is 9.10. The topological polar surface area (TPSA) is 41.1 Å². The first-order valence-electron chi connectivity index (χ1n) is 4.53. The third-order valence-electron chi connectivity index (χ3n) is 1.76. The van der Waals surface area contributed by atoms with E-state index in [1.54, 1.807) is 12.1 Å². The Labute approximate surface area is 96.2 Å². The number of anilines is 1. The van der Waals surface area contributed by atoms with Gasteiger partial charge in [0, 0.05) is 24.5 Å². The van der Waals surface area contributed by atoms with Crippen molar-refractivity contribution in [1.82, 2.24) is 5.32 Å². The third kappa shape index (κ3) is 3.87. The minimum atomic E-state index is -0.313. The Kier molecular flexibility index (Phi) is 4.55. The lowest BCUT2D eigenvalue weighted by Crippen LogP contribution is -2.26. The molecule has 3 nitrogen and oxygen atoms in total. The van der Waals surface area contributed by atoms with Crippen LogP contribution in [0.5, 0.6) is 0 Å². The maximum absolute atomic E-state index is 13.3. The van der Waals surface area contributed by atoms with Crippen LogP contribution in [0.25, 0.3) is 0 Å². The molecule has 0 aromatic heterocycles. The normalized spacial score (nSPS) is 9.80. The second kappa shape index (κ2) is 5.70. The van der Waals surface area contributed by atoms with E-state index in [-0.39, 0.29) is 11.7 Å². The number of benzene rings is 1. The van der Waals surface area contributed by atoms with Crippen molar-refractivity contribution in [3.63, 3.8) is 0 Å². The summed E-state index contributed by atoms with van der Waals surface area (Å²) >= 11 is 3.24. The van der Waals surface area contributed by atoms with E-state index in [0.29, 0.717) is 23.2 Å². The zero-order valence-corrected chi connectivity index (χ0v) is 9.90. The van der Waals surface area contributed by atoms with Gasteiger partial charge in [-0.1, -0.05) is 6.07 Å². The van der Waals surface area contributed by atoms with Gasteiger partial charge in [-0.3, -0.25) is 4.79 Å². The average Bonchev–Trinajstić information content (AvgIpc) is 2.15. The molecule has 1 aromatic carbocycles. The fraction of sp³-hybridized carbons (Fsp3) is 0.300. The minimum Gasteiger partial charge on any atom is -0.380 e. The summed E-state index contributed by atoms with van der Waals surface area (Å²) < 4.78 is 13.9. The average molecular weight is 275 g/mol. The quantitative estimate of drug-likeness (QED) is 0.826. The molecule has 1 rings (SSSR count). The second-order valence-corrected chi connectivity index (χ2v) is 3.86. The molecule has 0 saturated carbocycles. The molecule has 82 valence electrons. The molecule has 0 aliphatic rings. The number of halogens is 2. The Morgan fingerprint density at radius 2 is 2.20 bits per heavy atom. The van der Waals surface area contributed by atoms with Crippen LogP contribution >= 0.6 is 15.9 Å². The van der Waals surface area contributed by atoms with Crippen molar-refractivity contribution in [2.45, 2.75) is 6.92 Å². The van der Waals surface area contributed by atoms with E-state index in [1.807, 2.05) is 0 Å². The van der Waals surface area contributed by atoms with E-state index < -0.39 is 0 Å². The molecule has 0 saturated heterocycles. The Bertz CT molecular complexity index is 337. The van der Waals surface area contributed by atoms with Gasteiger partial charge in [0.1, 0.15) is 5.82 Å². The van der Waals surface area contributed by atoms with Crippen LogP contribution in [0, 0.1) is 5.82 Å². The first-order valence-corrected chi connectivity index (χ1v) is 5.33. The van der Waals surface area contributed by atoms with Crippen LogP contribution in [0.3, 0.4) is 0 Å². The van der Waals surface area contributed by atoms with Crippen molar-refractivity contribution >= 4 is 27.5 Å². The summed E-state index contributed by atoms with van der Waals surface area (Å²) in [7, 11) is 0. The van der Waals surface area contributed by atoms with Crippen LogP contribution in [-0.4, -0.2) is 19.0 Å². The lowest BCUT2D eigenvalue weighted by molar-refractivity contribution is -0.118. The highest BCUT2D eigenvalue weighted by Crippen LogP contribution is 2.24. The highest BCUT2D eigenvalue weighted by atomic mass is 79.9. The van der Waals surface area contributed by atoms with Crippen LogP contribution in [0.4, 0.5) is 10.1 Å². The monoisotopic (exact) mass is 274 g/mol. The Morgan fingerprint density at radius 3 is 2.80 bits per heavy atom. The number of para-hydroxylation sites is 1. The number of carbonyl (C=O) groups is 1. The summed E-state index contributed by atoms with van der Waals surface area (Å²) in [5.74, 6) is -0.406. The van der Waals surface area contributed by atoms with E-state index in [0.717, 1.165) is 0 Å². The minimum absolute atomic E-state index is 0.0931. The van der Waals surface area contributed by atoms with Gasteiger partial charge in [-0.25, -0.2) is 4.39 Å². The fourth-order valence-electron chi connectivity index (χ4n) is 1.09. The number of nitrogens with one attached hydrogen (secondary N) is 2. The van der Waals surface area contributed by atoms with Crippen molar-refractivity contribution in [1.29, 1.82) is 0 Å². The van der Waals surface area contributed by atoms with E-state index >= 15 is 0 Å². The molecule has 0 radical (unpaired) electrons. The van der Waals surface area contributed by atoms with E-state index in [1.165, 1.54) is 13.0 Å². The SMILES string of the molecule is CC(=O)NCCNc1c(F)cccc1Br. The van der Waals surface area contributed by atoms with Gasteiger partial charge in [0.05, 0.1) is 5.69 Å². The molecule has 0 aliphatic carbocycles. The molecule has 1 amide bonds. The van der Waals surface area contributed by atoms with Gasteiger partial charge in [-0.15, -0.1) is 0 Å². The van der Waals surface area contributed by atoms with E-state index in [2.05, 4.69) is 26.6 Å². The molecule has 0 bridgehead atoms. The molecule has 0 atom stereocenters. The van der Waals surface area contributed by atoms with Gasteiger partial charge in [-0.05, 0) is 28.1 Å². The molecule has 5 heteroatoms. The predicted molar refractivity (Wildman–Crippen MR) is 61.3 cm³/mol. The molecular formula is C10H12BrFN2O. The smallest absolute Gasteiger partial charge is 0.216 e. The first kappa shape index (κ1) is 12.0. The maximum Gasteiger partial charge on any atom is 0.216 e. The maximum atomic E-state index is 13.3. The first-order chi connectivity index (χ1) is 7.11. The summed E-state index contributed by atoms with van der Waals surface area (Å²) in [5.41, 5.74) is 0.419. The van der Waals surface area contributed by atoms with Gasteiger partial charge in [0.15, 0.2) is 0 Å². The summed E-state index contributed by atoms with van der Waals surface area (Å²) in [4.78, 5) is 10.6. The molecule has 0 aliphatic heterocycles. The molecule has 0 spiro atoms. The Hall–Kier alpha value is -1.10. The summed E-state index contributed by atoms with van der Waals surface area (Å²) in [5, 5.41) is 5.52. The van der Waals surface area contributed by atoms with Gasteiger partial charge in [0.25, 0.3) is 0 Å². The Balaban J connectivity index is 2.47. The molecular weight excluding hydrogens is 263 g/mol. The lowest BCUT2D eigenvalue weighted by atomic mass is 10.3. The summed E-state index contributed by atoms with van der Waals surface area (Å²) in [6.07, 6.45) is 0. The standard InChI is InChI=1S/C10H12BrFN2O/c1-7(15)13-5-6-14-10-8(11)3-2-4-9(10)12/h2-4,14H,5-6H2,1H3,(H,13,15). The van der Waals surface area contributed by atoms with Crippen LogP contribution in [0.2, 0.25) is 0 Å². The number of rotatable bonds is 4. The van der Waals surface area contributed by atoms with Crippen LogP contribution in [0.15, 0.2) is 22.7 Å². The fourth-order valence-corrected chi connectivity index (χ4v) is 1.57. The lowest BCUT2D eigenvalue weighted by Gasteiger charge is -2.09. The molecule has 0 unspecified atom stereocenters. The molecule has 2 N–H and O–H groups in total. The van der Waals surface area contributed by atoms with Crippen LogP contribution in [0.1, 0.15) is 6.92 Å². The van der Waals surface area contributed by atoms with Crippen molar-refractivity contribution in [2.75, 3.05) is 18.4 Å². The molecule has 0 heterocycles. The van der Waals surface area contributed by atoms with Crippen molar-refractivity contribution in [3.05, 3.63) is 28.5 Å². The second-order valence-electron chi connectivity index (χ2n) is 3.01. The van der Waals surface area contributed by atoms with Gasteiger partial charge in [-0.2, -0.15) is 0 Å². The van der Waals surface area contributed by atoms with Gasteiger partial charge in [0.2, 0.25) is 5.91 Å². The highest BCUT2D eigenvalue weighted by Gasteiger charge is 2.04. The molecule has 0 fully saturated rings. The van der Waals surface area contributed by atoms with Crippen molar-refractivity contribution in [3.8, 4) is 0 Å². The van der Waals surface area contributed by atoms with E-state index in [9.17, 15) is 9.18 Å². The molecule has 15 heavy (non-hydrogen) atoms. The number of hydrogen-bond acceptors (Lipinski definition) is 2. The number of hydrogen-bond donors (Lipinski definition) is 2. The summed E-state index contributed by atoms with van der Waals surface area (Å²) in [6, 6.07) is 4.76. The zero-order valence-electron chi connectivity index (χ0n) is 8.31. The Morgan fingerprint density at radius 1 is 1.47 bits per heavy atom. The number of amides is 1. The van der Waals surface area contributed by atoms with Gasteiger partial charge >= 0.3 is 0 Å². The predicted octanol–water partition coefficient (Wildman–Crippen LogP) is 2.14. The van der Waals surface area contributed by atoms with Crippen LogP contribution in [-0.2, 0) is 4.79 Å². The van der Waals surface area contributed by atoms with Crippen LogP contribution < -0.4 is 10.6 Å². The largest absolute Gasteiger partial charge is 0.380 e. The van der Waals surface area contributed by atoms with Gasteiger partial charge < -0.3 is 10.6 Å². The third-order valence-corrected chi connectivity index (χ3v) is 2.42. The van der Waals surface area contributed by atoms with E-state index in [4.69, 9.17) is 0 Å². The number of carbonyl (C=O) groups excluding carboxylic acids is 1. The van der Waals surface area contributed by atoms with Crippen molar-refractivity contribution in [2.24, 2.45) is 0 Å². The zero-order chi connectivity index (χ0) is 11.3. The summed E-state index contributed by atoms with van der Waals surface area (Å²) in [6.45, 7) is 2.40. The molecule has 1 aromatic rings. The van der Waals surface area contributed by atoms with Crippen molar-refractivity contribution < 1.29 is 9.18 Å².